The summed E-state index contributed by atoms with van der Waals surface area (Å²) in [5, 5.41) is 1.45. The summed E-state index contributed by atoms with van der Waals surface area (Å²) in [6.45, 7) is 0. The van der Waals surface area contributed by atoms with Crippen LogP contribution in [0.4, 0.5) is 33.3 Å². The highest BCUT2D eigenvalue weighted by Gasteiger charge is 2.63. The molecule has 9 heteroatoms. The molecule has 0 heterocycles. The van der Waals surface area contributed by atoms with Gasteiger partial charge in [-0.15, -0.1) is 0 Å². The van der Waals surface area contributed by atoms with Crippen LogP contribution in [-0.4, -0.2) is 18.0 Å². The molecule has 1 rings (SSSR count). The minimum absolute atomic E-state index is 0.0862. The van der Waals surface area contributed by atoms with E-state index in [2.05, 4.69) is 15.9 Å². The molecule has 1 amide bonds. The number of nitrogens with one attached hydrogen (secondary N) is 1. The second-order valence-electron chi connectivity index (χ2n) is 3.26. The first kappa shape index (κ1) is 14.7. The fraction of sp³-hybridized carbons (Fsp3) is 0.222. The number of carbonyl (C=O) groups excluding carboxylic acids is 1. The summed E-state index contributed by atoms with van der Waals surface area (Å²) in [6.07, 6.45) is -5.95. The highest BCUT2D eigenvalue weighted by Crippen LogP contribution is 2.36. The van der Waals surface area contributed by atoms with Crippen LogP contribution in [0, 0.1) is 0 Å². The standard InChI is InChI=1S/C9H6BrF5N2O/c10-5-2-1-4(3-6(5)16)17-7(18)8(11,12)9(13,14)15/h1-3H,16H2,(H,17,18). The molecule has 1 aromatic rings. The lowest BCUT2D eigenvalue weighted by molar-refractivity contribution is -0.267. The lowest BCUT2D eigenvalue weighted by Gasteiger charge is -2.18. The Morgan fingerprint density at radius 3 is 2.22 bits per heavy atom. The quantitative estimate of drug-likeness (QED) is 0.645. The SMILES string of the molecule is Nc1cc(NC(=O)C(F)(F)C(F)(F)F)ccc1Br. The summed E-state index contributed by atoms with van der Waals surface area (Å²) in [5.74, 6) is -7.92. The van der Waals surface area contributed by atoms with Gasteiger partial charge in [0.2, 0.25) is 0 Å². The number of anilines is 2. The molecule has 1 aromatic carbocycles. The van der Waals surface area contributed by atoms with Gasteiger partial charge in [-0.2, -0.15) is 22.0 Å². The van der Waals surface area contributed by atoms with Gasteiger partial charge in [-0.05, 0) is 34.1 Å². The van der Waals surface area contributed by atoms with Crippen LogP contribution in [-0.2, 0) is 4.79 Å². The van der Waals surface area contributed by atoms with E-state index in [1.165, 1.54) is 11.4 Å². The zero-order chi connectivity index (χ0) is 14.1. The van der Waals surface area contributed by atoms with E-state index >= 15 is 0 Å². The number of carbonyl (C=O) groups is 1. The molecule has 0 aromatic heterocycles. The van der Waals surface area contributed by atoms with E-state index in [0.29, 0.717) is 4.47 Å². The van der Waals surface area contributed by atoms with Crippen molar-refractivity contribution in [3.8, 4) is 0 Å². The van der Waals surface area contributed by atoms with Gasteiger partial charge in [-0.1, -0.05) is 0 Å². The van der Waals surface area contributed by atoms with Gasteiger partial charge in [0.1, 0.15) is 0 Å². The van der Waals surface area contributed by atoms with Gasteiger partial charge in [-0.25, -0.2) is 0 Å². The molecular formula is C9H6BrF5N2O. The van der Waals surface area contributed by atoms with Gasteiger partial charge in [0, 0.05) is 15.8 Å². The Kier molecular flexibility index (Phi) is 3.84. The van der Waals surface area contributed by atoms with E-state index in [1.54, 1.807) is 0 Å². The summed E-state index contributed by atoms with van der Waals surface area (Å²) >= 11 is 3.00. The van der Waals surface area contributed by atoms with Crippen LogP contribution in [0.1, 0.15) is 0 Å². The Hall–Kier alpha value is -1.38. The van der Waals surface area contributed by atoms with Crippen molar-refractivity contribution in [1.29, 1.82) is 0 Å². The normalized spacial score (nSPS) is 12.3. The van der Waals surface area contributed by atoms with Crippen molar-refractivity contribution in [2.75, 3.05) is 11.1 Å². The van der Waals surface area contributed by atoms with E-state index in [4.69, 9.17) is 5.73 Å². The van der Waals surface area contributed by atoms with Crippen molar-refractivity contribution in [2.24, 2.45) is 0 Å². The molecule has 0 bridgehead atoms. The molecule has 3 N–H and O–H groups in total. The highest BCUT2D eigenvalue weighted by atomic mass is 79.9. The van der Waals surface area contributed by atoms with Crippen molar-refractivity contribution in [3.05, 3.63) is 22.7 Å². The Balaban J connectivity index is 2.91. The molecule has 100 valence electrons. The number of hydrogen-bond donors (Lipinski definition) is 2. The molecular weight excluding hydrogens is 327 g/mol. The van der Waals surface area contributed by atoms with Crippen LogP contribution >= 0.6 is 15.9 Å². The number of rotatable bonds is 2. The number of benzene rings is 1. The monoisotopic (exact) mass is 332 g/mol. The third-order valence-corrected chi connectivity index (χ3v) is 2.62. The minimum atomic E-state index is -5.95. The molecule has 0 aliphatic carbocycles. The summed E-state index contributed by atoms with van der Waals surface area (Å²) < 4.78 is 61.3. The Morgan fingerprint density at radius 2 is 1.78 bits per heavy atom. The second kappa shape index (κ2) is 4.71. The number of alkyl halides is 5. The molecule has 18 heavy (non-hydrogen) atoms. The number of amides is 1. The summed E-state index contributed by atoms with van der Waals surface area (Å²) in [6, 6.07) is 3.48. The molecule has 3 nitrogen and oxygen atoms in total. The van der Waals surface area contributed by atoms with E-state index in [0.717, 1.165) is 12.1 Å². The van der Waals surface area contributed by atoms with E-state index in [1.807, 2.05) is 0 Å². The predicted octanol–water partition coefficient (Wildman–Crippen LogP) is 3.17. The maximum Gasteiger partial charge on any atom is 0.463 e. The summed E-state index contributed by atoms with van der Waals surface area (Å²) in [7, 11) is 0. The van der Waals surface area contributed by atoms with Gasteiger partial charge in [0.15, 0.2) is 0 Å². The van der Waals surface area contributed by atoms with Crippen LogP contribution in [0.5, 0.6) is 0 Å². The first-order chi connectivity index (χ1) is 8.05. The molecule has 0 aliphatic heterocycles. The summed E-state index contributed by atoms with van der Waals surface area (Å²) in [5.41, 5.74) is 5.21. The molecule has 0 spiro atoms. The zero-order valence-corrected chi connectivity index (χ0v) is 10.1. The number of nitrogens with two attached hydrogens (primary N) is 1. The molecule has 0 unspecified atom stereocenters. The first-order valence-electron chi connectivity index (χ1n) is 4.36. The van der Waals surface area contributed by atoms with Gasteiger partial charge in [-0.3, -0.25) is 4.79 Å². The third kappa shape index (κ3) is 2.89. The van der Waals surface area contributed by atoms with Crippen LogP contribution in [0.15, 0.2) is 22.7 Å². The lowest BCUT2D eigenvalue weighted by atomic mass is 10.2. The lowest BCUT2D eigenvalue weighted by Crippen LogP contribution is -2.47. The molecule has 0 fully saturated rings. The number of hydrogen-bond acceptors (Lipinski definition) is 2. The average molecular weight is 333 g/mol. The molecule has 0 radical (unpaired) electrons. The largest absolute Gasteiger partial charge is 0.463 e. The fourth-order valence-electron chi connectivity index (χ4n) is 0.960. The van der Waals surface area contributed by atoms with Crippen LogP contribution < -0.4 is 11.1 Å². The zero-order valence-electron chi connectivity index (χ0n) is 8.49. The van der Waals surface area contributed by atoms with Crippen molar-refractivity contribution in [1.82, 2.24) is 0 Å². The Labute approximate surface area is 106 Å². The van der Waals surface area contributed by atoms with Crippen molar-refractivity contribution >= 4 is 33.2 Å². The van der Waals surface area contributed by atoms with E-state index < -0.39 is 18.0 Å². The highest BCUT2D eigenvalue weighted by molar-refractivity contribution is 9.10. The predicted molar refractivity (Wildman–Crippen MR) is 58.2 cm³/mol. The Bertz CT molecular complexity index is 475. The minimum Gasteiger partial charge on any atom is -0.398 e. The third-order valence-electron chi connectivity index (χ3n) is 1.90. The molecule has 0 atom stereocenters. The average Bonchev–Trinajstić information content (AvgIpc) is 2.21. The van der Waals surface area contributed by atoms with Crippen molar-refractivity contribution in [2.45, 2.75) is 12.1 Å². The second-order valence-corrected chi connectivity index (χ2v) is 4.12. The van der Waals surface area contributed by atoms with E-state index in [-0.39, 0.29) is 11.4 Å². The van der Waals surface area contributed by atoms with Gasteiger partial charge >= 0.3 is 18.0 Å². The maximum atomic E-state index is 12.6. The van der Waals surface area contributed by atoms with Gasteiger partial charge in [0.05, 0.1) is 0 Å². The smallest absolute Gasteiger partial charge is 0.398 e. The molecule has 0 aliphatic rings. The van der Waals surface area contributed by atoms with Crippen molar-refractivity contribution < 1.29 is 26.7 Å². The maximum absolute atomic E-state index is 12.6. The summed E-state index contributed by atoms with van der Waals surface area (Å²) in [4.78, 5) is 10.8. The number of halogens is 6. The first-order valence-corrected chi connectivity index (χ1v) is 5.16. The van der Waals surface area contributed by atoms with Crippen LogP contribution in [0.3, 0.4) is 0 Å². The van der Waals surface area contributed by atoms with E-state index in [9.17, 15) is 26.7 Å². The van der Waals surface area contributed by atoms with Gasteiger partial charge < -0.3 is 11.1 Å². The van der Waals surface area contributed by atoms with Crippen molar-refractivity contribution in [3.63, 3.8) is 0 Å². The number of nitrogen functional groups attached to an aromatic ring is 1. The molecule has 0 saturated carbocycles. The van der Waals surface area contributed by atoms with Crippen LogP contribution in [0.2, 0.25) is 0 Å². The van der Waals surface area contributed by atoms with Crippen LogP contribution in [0.25, 0.3) is 0 Å². The fourth-order valence-corrected chi connectivity index (χ4v) is 1.21. The Morgan fingerprint density at radius 1 is 1.22 bits per heavy atom. The molecule has 0 saturated heterocycles. The topological polar surface area (TPSA) is 55.1 Å². The van der Waals surface area contributed by atoms with Gasteiger partial charge in [0.25, 0.3) is 0 Å².